The number of hydrogen-bond acceptors (Lipinski definition) is 1. The number of nitrogens with one attached hydrogen (secondary N) is 1. The third-order valence-electron chi connectivity index (χ3n) is 2.29. The fourth-order valence-electron chi connectivity index (χ4n) is 1.42. The number of rotatable bonds is 4. The minimum atomic E-state index is 0.430. The van der Waals surface area contributed by atoms with E-state index in [1.54, 1.807) is 0 Å². The van der Waals surface area contributed by atoms with Crippen molar-refractivity contribution < 1.29 is 0 Å². The molecule has 0 fully saturated rings. The number of benzene rings is 1. The van der Waals surface area contributed by atoms with E-state index < -0.39 is 0 Å². The highest BCUT2D eigenvalue weighted by molar-refractivity contribution is 9.10. The van der Waals surface area contributed by atoms with Crippen molar-refractivity contribution in [2.24, 2.45) is 0 Å². The molecule has 0 aromatic heterocycles. The second-order valence-corrected chi connectivity index (χ2v) is 4.57. The standard InChI is InChI=1S/C13H18BrN/c1-4-15-11(3)5-6-12-7-8-13(14)10(2)9-12/h5-9,11,15H,4H2,1-3H3/b6-5+. The van der Waals surface area contributed by atoms with Crippen LogP contribution in [-0.2, 0) is 0 Å². The third kappa shape index (κ3) is 4.18. The third-order valence-corrected chi connectivity index (χ3v) is 3.18. The van der Waals surface area contributed by atoms with Crippen molar-refractivity contribution in [1.29, 1.82) is 0 Å². The fraction of sp³-hybridized carbons (Fsp3) is 0.385. The summed E-state index contributed by atoms with van der Waals surface area (Å²) in [6.07, 6.45) is 4.35. The van der Waals surface area contributed by atoms with E-state index in [9.17, 15) is 0 Å². The molecule has 1 aromatic rings. The molecule has 0 amide bonds. The fourth-order valence-corrected chi connectivity index (χ4v) is 1.66. The molecule has 15 heavy (non-hydrogen) atoms. The molecule has 0 radical (unpaired) electrons. The first-order valence-corrected chi connectivity index (χ1v) is 6.10. The monoisotopic (exact) mass is 267 g/mol. The molecule has 1 rings (SSSR count). The Hall–Kier alpha value is -0.600. The Morgan fingerprint density at radius 3 is 2.80 bits per heavy atom. The van der Waals surface area contributed by atoms with Crippen LogP contribution in [-0.4, -0.2) is 12.6 Å². The summed E-state index contributed by atoms with van der Waals surface area (Å²) in [5.74, 6) is 0. The molecule has 0 spiro atoms. The van der Waals surface area contributed by atoms with Crippen LogP contribution in [0.25, 0.3) is 6.08 Å². The number of halogens is 1. The van der Waals surface area contributed by atoms with Gasteiger partial charge in [0.25, 0.3) is 0 Å². The van der Waals surface area contributed by atoms with Gasteiger partial charge in [0, 0.05) is 10.5 Å². The van der Waals surface area contributed by atoms with Gasteiger partial charge in [-0.1, -0.05) is 47.1 Å². The van der Waals surface area contributed by atoms with Crippen molar-refractivity contribution in [2.45, 2.75) is 26.8 Å². The Balaban J connectivity index is 2.68. The Labute approximate surface area is 101 Å². The zero-order valence-electron chi connectivity index (χ0n) is 9.55. The summed E-state index contributed by atoms with van der Waals surface area (Å²) in [4.78, 5) is 0. The zero-order valence-corrected chi connectivity index (χ0v) is 11.1. The number of aryl methyl sites for hydroxylation is 1. The molecule has 0 saturated carbocycles. The van der Waals surface area contributed by atoms with Crippen LogP contribution in [0.4, 0.5) is 0 Å². The van der Waals surface area contributed by atoms with E-state index in [0.717, 1.165) is 6.54 Å². The van der Waals surface area contributed by atoms with Crippen LogP contribution in [0.3, 0.4) is 0 Å². The Morgan fingerprint density at radius 1 is 1.47 bits per heavy atom. The maximum absolute atomic E-state index is 3.50. The second-order valence-electron chi connectivity index (χ2n) is 3.71. The molecule has 1 nitrogen and oxygen atoms in total. The topological polar surface area (TPSA) is 12.0 Å². The van der Waals surface area contributed by atoms with Crippen LogP contribution in [0.1, 0.15) is 25.0 Å². The summed E-state index contributed by atoms with van der Waals surface area (Å²) < 4.78 is 1.17. The van der Waals surface area contributed by atoms with Gasteiger partial charge in [-0.25, -0.2) is 0 Å². The summed E-state index contributed by atoms with van der Waals surface area (Å²) in [6.45, 7) is 7.39. The van der Waals surface area contributed by atoms with Crippen molar-refractivity contribution in [1.82, 2.24) is 5.32 Å². The molecular weight excluding hydrogens is 250 g/mol. The summed E-state index contributed by atoms with van der Waals surface area (Å²) in [6, 6.07) is 6.82. The lowest BCUT2D eigenvalue weighted by Gasteiger charge is -2.06. The number of likely N-dealkylation sites (N-methyl/N-ethyl adjacent to an activating group) is 1. The normalized spacial score (nSPS) is 13.3. The van der Waals surface area contributed by atoms with E-state index in [2.05, 4.69) is 72.4 Å². The van der Waals surface area contributed by atoms with Gasteiger partial charge in [0.2, 0.25) is 0 Å². The largest absolute Gasteiger partial charge is 0.311 e. The van der Waals surface area contributed by atoms with Gasteiger partial charge in [0.15, 0.2) is 0 Å². The highest BCUT2D eigenvalue weighted by Gasteiger charge is 1.95. The number of hydrogen-bond donors (Lipinski definition) is 1. The van der Waals surface area contributed by atoms with E-state index in [4.69, 9.17) is 0 Å². The van der Waals surface area contributed by atoms with E-state index in [0.29, 0.717) is 6.04 Å². The minimum Gasteiger partial charge on any atom is -0.311 e. The van der Waals surface area contributed by atoms with Crippen LogP contribution in [0.2, 0.25) is 0 Å². The van der Waals surface area contributed by atoms with Crippen molar-refractivity contribution in [3.63, 3.8) is 0 Å². The summed E-state index contributed by atoms with van der Waals surface area (Å²) in [5.41, 5.74) is 2.52. The van der Waals surface area contributed by atoms with Crippen LogP contribution >= 0.6 is 15.9 Å². The Bertz CT molecular complexity index is 344. The van der Waals surface area contributed by atoms with Gasteiger partial charge in [0.1, 0.15) is 0 Å². The van der Waals surface area contributed by atoms with Gasteiger partial charge in [-0.15, -0.1) is 0 Å². The summed E-state index contributed by atoms with van der Waals surface area (Å²) in [5, 5.41) is 3.35. The molecule has 2 heteroatoms. The Kier molecular flexibility index (Phi) is 5.06. The summed E-state index contributed by atoms with van der Waals surface area (Å²) >= 11 is 3.50. The average molecular weight is 268 g/mol. The van der Waals surface area contributed by atoms with E-state index in [1.807, 2.05) is 0 Å². The van der Waals surface area contributed by atoms with Crippen molar-refractivity contribution >= 4 is 22.0 Å². The predicted molar refractivity (Wildman–Crippen MR) is 71.1 cm³/mol. The maximum Gasteiger partial charge on any atom is 0.0224 e. The molecule has 1 aromatic carbocycles. The van der Waals surface area contributed by atoms with Crippen LogP contribution in [0.5, 0.6) is 0 Å². The molecule has 82 valence electrons. The second kappa shape index (κ2) is 6.09. The first-order chi connectivity index (χ1) is 7.13. The highest BCUT2D eigenvalue weighted by Crippen LogP contribution is 2.17. The SMILES string of the molecule is CCNC(C)/C=C/c1ccc(Br)c(C)c1. The van der Waals surface area contributed by atoms with Crippen LogP contribution < -0.4 is 5.32 Å². The van der Waals surface area contributed by atoms with Crippen LogP contribution in [0.15, 0.2) is 28.7 Å². The molecule has 0 aliphatic rings. The first-order valence-electron chi connectivity index (χ1n) is 5.31. The molecule has 1 atom stereocenters. The Morgan fingerprint density at radius 2 is 2.20 bits per heavy atom. The lowest BCUT2D eigenvalue weighted by atomic mass is 10.1. The van der Waals surface area contributed by atoms with Crippen molar-refractivity contribution in [2.75, 3.05) is 6.54 Å². The van der Waals surface area contributed by atoms with Gasteiger partial charge in [-0.05, 0) is 37.6 Å². The van der Waals surface area contributed by atoms with E-state index in [-0.39, 0.29) is 0 Å². The van der Waals surface area contributed by atoms with Crippen LogP contribution in [0, 0.1) is 6.92 Å². The molecule has 1 N–H and O–H groups in total. The van der Waals surface area contributed by atoms with Gasteiger partial charge in [-0.2, -0.15) is 0 Å². The highest BCUT2D eigenvalue weighted by atomic mass is 79.9. The van der Waals surface area contributed by atoms with Gasteiger partial charge >= 0.3 is 0 Å². The molecule has 0 aliphatic carbocycles. The van der Waals surface area contributed by atoms with Gasteiger partial charge < -0.3 is 5.32 Å². The molecule has 0 bridgehead atoms. The van der Waals surface area contributed by atoms with Crippen molar-refractivity contribution in [3.05, 3.63) is 39.9 Å². The van der Waals surface area contributed by atoms with E-state index >= 15 is 0 Å². The zero-order chi connectivity index (χ0) is 11.3. The minimum absolute atomic E-state index is 0.430. The molecule has 1 unspecified atom stereocenters. The lowest BCUT2D eigenvalue weighted by molar-refractivity contribution is 0.663. The molecule has 0 aliphatic heterocycles. The van der Waals surface area contributed by atoms with Gasteiger partial charge in [-0.3, -0.25) is 0 Å². The molecule has 0 saturated heterocycles. The predicted octanol–water partition coefficient (Wildman–Crippen LogP) is 3.77. The maximum atomic E-state index is 3.50. The summed E-state index contributed by atoms with van der Waals surface area (Å²) in [7, 11) is 0. The molecule has 0 heterocycles. The average Bonchev–Trinajstić information content (AvgIpc) is 2.20. The van der Waals surface area contributed by atoms with Crippen molar-refractivity contribution in [3.8, 4) is 0 Å². The first kappa shape index (κ1) is 12.5. The quantitative estimate of drug-likeness (QED) is 0.876. The lowest BCUT2D eigenvalue weighted by Crippen LogP contribution is -2.22. The smallest absolute Gasteiger partial charge is 0.0224 e. The van der Waals surface area contributed by atoms with E-state index in [1.165, 1.54) is 15.6 Å². The van der Waals surface area contributed by atoms with Gasteiger partial charge in [0.05, 0.1) is 0 Å². The molecular formula is C13H18BrN.